The highest BCUT2D eigenvalue weighted by Crippen LogP contribution is 2.16. The number of nitrogen functional groups attached to an aromatic ring is 1. The lowest BCUT2D eigenvalue weighted by Gasteiger charge is -2.22. The molecule has 20 heavy (non-hydrogen) atoms. The highest BCUT2D eigenvalue weighted by molar-refractivity contribution is 5.76. The SMILES string of the molecule is CCCCn1c(N)c(N(CC)CC(=O)O)c(=O)[nH]c1=O. The molecule has 1 heterocycles. The second kappa shape index (κ2) is 6.78. The molecule has 0 spiro atoms. The second-order valence-corrected chi connectivity index (χ2v) is 4.41. The van der Waals surface area contributed by atoms with E-state index in [2.05, 4.69) is 4.98 Å². The lowest BCUT2D eigenvalue weighted by Crippen LogP contribution is -2.40. The lowest BCUT2D eigenvalue weighted by atomic mass is 10.3. The number of aromatic nitrogens is 2. The number of nitrogens with one attached hydrogen (secondary N) is 1. The number of carboxylic acid groups (broad SMARTS) is 1. The van der Waals surface area contributed by atoms with Crippen LogP contribution in [0.4, 0.5) is 11.5 Å². The van der Waals surface area contributed by atoms with Gasteiger partial charge in [-0.05, 0) is 13.3 Å². The van der Waals surface area contributed by atoms with Crippen LogP contribution in [0.15, 0.2) is 9.59 Å². The monoisotopic (exact) mass is 284 g/mol. The van der Waals surface area contributed by atoms with Gasteiger partial charge in [-0.25, -0.2) is 4.79 Å². The molecule has 8 nitrogen and oxygen atoms in total. The molecule has 0 amide bonds. The van der Waals surface area contributed by atoms with Crippen molar-refractivity contribution in [1.82, 2.24) is 9.55 Å². The van der Waals surface area contributed by atoms with E-state index in [-0.39, 0.29) is 18.1 Å². The lowest BCUT2D eigenvalue weighted by molar-refractivity contribution is -0.135. The third-order valence-electron chi connectivity index (χ3n) is 2.97. The molecule has 1 aromatic rings. The highest BCUT2D eigenvalue weighted by Gasteiger charge is 2.19. The van der Waals surface area contributed by atoms with Gasteiger partial charge in [0.05, 0.1) is 0 Å². The fourth-order valence-electron chi connectivity index (χ4n) is 1.93. The first kappa shape index (κ1) is 15.8. The molecule has 1 rings (SSSR count). The fraction of sp³-hybridized carbons (Fsp3) is 0.583. The molecule has 0 fully saturated rings. The van der Waals surface area contributed by atoms with E-state index in [9.17, 15) is 14.4 Å². The molecule has 1 aromatic heterocycles. The number of unbranched alkanes of at least 4 members (excludes halogenated alkanes) is 1. The Morgan fingerprint density at radius 3 is 2.55 bits per heavy atom. The molecule has 0 unspecified atom stereocenters. The number of aromatic amines is 1. The number of hydrogen-bond acceptors (Lipinski definition) is 5. The maximum Gasteiger partial charge on any atom is 0.330 e. The maximum atomic E-state index is 11.9. The quantitative estimate of drug-likeness (QED) is 0.639. The number of hydrogen-bond donors (Lipinski definition) is 3. The molecular formula is C12H20N4O4. The van der Waals surface area contributed by atoms with Crippen LogP contribution in [0.5, 0.6) is 0 Å². The van der Waals surface area contributed by atoms with Gasteiger partial charge in [0.2, 0.25) is 0 Å². The van der Waals surface area contributed by atoms with Crippen LogP contribution in [0.25, 0.3) is 0 Å². The third kappa shape index (κ3) is 3.40. The number of likely N-dealkylation sites (N-methyl/N-ethyl adjacent to an activating group) is 1. The van der Waals surface area contributed by atoms with Crippen molar-refractivity contribution in [3.8, 4) is 0 Å². The molecule has 0 radical (unpaired) electrons. The van der Waals surface area contributed by atoms with E-state index in [0.29, 0.717) is 13.1 Å². The fourth-order valence-corrected chi connectivity index (χ4v) is 1.93. The van der Waals surface area contributed by atoms with Crippen molar-refractivity contribution in [2.75, 3.05) is 23.7 Å². The molecule has 112 valence electrons. The van der Waals surface area contributed by atoms with Crippen molar-refractivity contribution in [2.45, 2.75) is 33.2 Å². The predicted molar refractivity (Wildman–Crippen MR) is 76.2 cm³/mol. The summed E-state index contributed by atoms with van der Waals surface area (Å²) in [6, 6.07) is 0. The number of rotatable bonds is 7. The summed E-state index contributed by atoms with van der Waals surface area (Å²) in [5.41, 5.74) is 4.68. The van der Waals surface area contributed by atoms with E-state index in [1.54, 1.807) is 6.92 Å². The van der Waals surface area contributed by atoms with Crippen LogP contribution in [0.1, 0.15) is 26.7 Å². The number of nitrogens with zero attached hydrogens (tertiary/aromatic N) is 2. The van der Waals surface area contributed by atoms with E-state index >= 15 is 0 Å². The van der Waals surface area contributed by atoms with Gasteiger partial charge in [-0.1, -0.05) is 13.3 Å². The minimum absolute atomic E-state index is 0.00954. The molecule has 8 heteroatoms. The van der Waals surface area contributed by atoms with Gasteiger partial charge < -0.3 is 15.7 Å². The van der Waals surface area contributed by atoms with Crippen LogP contribution < -0.4 is 21.9 Å². The summed E-state index contributed by atoms with van der Waals surface area (Å²) < 4.78 is 1.27. The van der Waals surface area contributed by atoms with Crippen LogP contribution in [0.3, 0.4) is 0 Å². The molecule has 0 atom stereocenters. The van der Waals surface area contributed by atoms with Crippen LogP contribution in [0.2, 0.25) is 0 Å². The van der Waals surface area contributed by atoms with Gasteiger partial charge in [0, 0.05) is 13.1 Å². The Labute approximate surface area is 115 Å². The summed E-state index contributed by atoms with van der Waals surface area (Å²) in [6.45, 7) is 4.01. The number of nitrogens with two attached hydrogens (primary N) is 1. The Morgan fingerprint density at radius 2 is 2.05 bits per heavy atom. The number of anilines is 2. The van der Waals surface area contributed by atoms with Gasteiger partial charge >= 0.3 is 11.7 Å². The van der Waals surface area contributed by atoms with Gasteiger partial charge in [-0.2, -0.15) is 0 Å². The van der Waals surface area contributed by atoms with Gasteiger partial charge in [0.25, 0.3) is 5.56 Å². The van der Waals surface area contributed by atoms with Gasteiger partial charge in [0.15, 0.2) is 0 Å². The van der Waals surface area contributed by atoms with Gasteiger partial charge in [0.1, 0.15) is 18.1 Å². The Hall–Kier alpha value is -2.25. The summed E-state index contributed by atoms with van der Waals surface area (Å²) in [4.78, 5) is 38.0. The van der Waals surface area contributed by atoms with E-state index in [1.165, 1.54) is 9.47 Å². The van der Waals surface area contributed by atoms with E-state index < -0.39 is 17.2 Å². The Balaban J connectivity index is 3.34. The minimum atomic E-state index is -1.07. The molecular weight excluding hydrogens is 264 g/mol. The first-order valence-corrected chi connectivity index (χ1v) is 6.51. The molecule has 0 saturated heterocycles. The van der Waals surface area contributed by atoms with Crippen molar-refractivity contribution >= 4 is 17.5 Å². The highest BCUT2D eigenvalue weighted by atomic mass is 16.4. The normalized spacial score (nSPS) is 10.5. The van der Waals surface area contributed by atoms with Crippen LogP contribution in [-0.2, 0) is 11.3 Å². The Kier molecular flexibility index (Phi) is 5.36. The number of carbonyl (C=O) groups is 1. The average molecular weight is 284 g/mol. The smallest absolute Gasteiger partial charge is 0.330 e. The van der Waals surface area contributed by atoms with Gasteiger partial charge in [-0.3, -0.25) is 19.1 Å². The number of carboxylic acids is 1. The topological polar surface area (TPSA) is 121 Å². The minimum Gasteiger partial charge on any atom is -0.480 e. The van der Waals surface area contributed by atoms with Crippen molar-refractivity contribution in [1.29, 1.82) is 0 Å². The zero-order valence-corrected chi connectivity index (χ0v) is 11.7. The van der Waals surface area contributed by atoms with Crippen LogP contribution in [-0.4, -0.2) is 33.7 Å². The molecule has 0 saturated carbocycles. The van der Waals surface area contributed by atoms with Crippen LogP contribution in [0, 0.1) is 0 Å². The summed E-state index contributed by atoms with van der Waals surface area (Å²) in [5, 5.41) is 8.86. The molecule has 0 aliphatic heterocycles. The van der Waals surface area contributed by atoms with E-state index in [1.807, 2.05) is 6.92 Å². The average Bonchev–Trinajstić information content (AvgIpc) is 2.36. The van der Waals surface area contributed by atoms with Crippen molar-refractivity contribution in [3.63, 3.8) is 0 Å². The van der Waals surface area contributed by atoms with E-state index in [4.69, 9.17) is 10.8 Å². The standard InChI is InChI=1S/C12H20N4O4/c1-3-5-6-16-10(13)9(11(19)14-12(16)20)15(4-2)7-8(17)18/h3-7,13H2,1-2H3,(H,17,18)(H,14,19,20). The van der Waals surface area contributed by atoms with Crippen LogP contribution >= 0.6 is 0 Å². The summed E-state index contributed by atoms with van der Waals surface area (Å²) >= 11 is 0. The molecule has 0 bridgehead atoms. The summed E-state index contributed by atoms with van der Waals surface area (Å²) in [6.07, 6.45) is 1.60. The molecule has 0 aromatic carbocycles. The zero-order valence-electron chi connectivity index (χ0n) is 11.7. The second-order valence-electron chi connectivity index (χ2n) is 4.41. The van der Waals surface area contributed by atoms with Crippen molar-refractivity contribution < 1.29 is 9.90 Å². The number of aliphatic carboxylic acids is 1. The van der Waals surface area contributed by atoms with Gasteiger partial charge in [-0.15, -0.1) is 0 Å². The molecule has 0 aliphatic carbocycles. The first-order valence-electron chi connectivity index (χ1n) is 6.51. The zero-order chi connectivity index (χ0) is 15.3. The number of H-pyrrole nitrogens is 1. The Morgan fingerprint density at radius 1 is 1.40 bits per heavy atom. The maximum absolute atomic E-state index is 11.9. The summed E-state index contributed by atoms with van der Waals surface area (Å²) in [7, 11) is 0. The molecule has 0 aliphatic rings. The first-order chi connectivity index (χ1) is 9.42. The van der Waals surface area contributed by atoms with Crippen molar-refractivity contribution in [2.24, 2.45) is 0 Å². The Bertz CT molecular complexity index is 590. The molecule has 4 N–H and O–H groups in total. The summed E-state index contributed by atoms with van der Waals surface area (Å²) in [5.74, 6) is -1.06. The van der Waals surface area contributed by atoms with E-state index in [0.717, 1.165) is 12.8 Å². The predicted octanol–water partition coefficient (Wildman–Crippen LogP) is -0.170. The largest absolute Gasteiger partial charge is 0.480 e. The third-order valence-corrected chi connectivity index (χ3v) is 2.97. The van der Waals surface area contributed by atoms with Crippen molar-refractivity contribution in [3.05, 3.63) is 20.8 Å².